The average Bonchev–Trinajstić information content (AvgIpc) is 2.17. The molecule has 2 aromatic rings. The zero-order valence-electron chi connectivity index (χ0n) is 7.00. The van der Waals surface area contributed by atoms with Gasteiger partial charge >= 0.3 is 0 Å². The van der Waals surface area contributed by atoms with Crippen LogP contribution in [0.4, 0.5) is 4.39 Å². The van der Waals surface area contributed by atoms with Crippen molar-refractivity contribution in [3.05, 3.63) is 47.8 Å². The van der Waals surface area contributed by atoms with Gasteiger partial charge in [0.05, 0.1) is 6.61 Å². The fourth-order valence-electron chi connectivity index (χ4n) is 1.45. The monoisotopic (exact) mass is 176 g/mol. The van der Waals surface area contributed by atoms with Crippen molar-refractivity contribution in [1.82, 2.24) is 0 Å². The molecule has 0 spiro atoms. The van der Waals surface area contributed by atoms with Crippen LogP contribution in [0.3, 0.4) is 0 Å². The first-order valence-electron chi connectivity index (χ1n) is 4.09. The normalized spacial score (nSPS) is 10.6. The van der Waals surface area contributed by atoms with Crippen LogP contribution in [0.25, 0.3) is 10.8 Å². The van der Waals surface area contributed by atoms with E-state index in [2.05, 4.69) is 0 Å². The molecule has 0 atom stereocenters. The zero-order valence-corrected chi connectivity index (χ0v) is 7.00. The molecule has 0 fully saturated rings. The van der Waals surface area contributed by atoms with Gasteiger partial charge < -0.3 is 5.11 Å². The molecule has 2 aromatic carbocycles. The van der Waals surface area contributed by atoms with Crippen molar-refractivity contribution >= 4 is 10.8 Å². The standard InChI is InChI=1S/C11H9FO/c12-10-5-4-8-2-1-3-9(7-13)11(8)6-10/h1-6,13H,7H2. The molecule has 0 amide bonds. The zero-order chi connectivity index (χ0) is 9.26. The van der Waals surface area contributed by atoms with E-state index in [4.69, 9.17) is 5.11 Å². The van der Waals surface area contributed by atoms with Gasteiger partial charge in [0.15, 0.2) is 0 Å². The molecular weight excluding hydrogens is 167 g/mol. The van der Waals surface area contributed by atoms with E-state index in [1.165, 1.54) is 12.1 Å². The lowest BCUT2D eigenvalue weighted by atomic mass is 10.1. The summed E-state index contributed by atoms with van der Waals surface area (Å²) in [7, 11) is 0. The van der Waals surface area contributed by atoms with Crippen LogP contribution in [-0.4, -0.2) is 5.11 Å². The van der Waals surface area contributed by atoms with Gasteiger partial charge in [0.25, 0.3) is 0 Å². The molecule has 2 heteroatoms. The summed E-state index contributed by atoms with van der Waals surface area (Å²) < 4.78 is 12.9. The van der Waals surface area contributed by atoms with Crippen LogP contribution in [0.5, 0.6) is 0 Å². The fourth-order valence-corrected chi connectivity index (χ4v) is 1.45. The van der Waals surface area contributed by atoms with Gasteiger partial charge in [0.1, 0.15) is 5.82 Å². The molecule has 1 N–H and O–H groups in total. The fraction of sp³-hybridized carbons (Fsp3) is 0.0909. The van der Waals surface area contributed by atoms with Crippen molar-refractivity contribution in [3.63, 3.8) is 0 Å². The number of hydrogen-bond donors (Lipinski definition) is 1. The van der Waals surface area contributed by atoms with Gasteiger partial charge in [-0.2, -0.15) is 0 Å². The molecule has 0 saturated carbocycles. The van der Waals surface area contributed by atoms with Crippen molar-refractivity contribution in [3.8, 4) is 0 Å². The third-order valence-corrected chi connectivity index (χ3v) is 2.10. The molecule has 0 unspecified atom stereocenters. The molecule has 0 aliphatic rings. The summed E-state index contributed by atoms with van der Waals surface area (Å²) in [4.78, 5) is 0. The molecule has 0 bridgehead atoms. The summed E-state index contributed by atoms with van der Waals surface area (Å²) in [5, 5.41) is 10.7. The topological polar surface area (TPSA) is 20.2 Å². The summed E-state index contributed by atoms with van der Waals surface area (Å²) >= 11 is 0. The largest absolute Gasteiger partial charge is 0.392 e. The number of aliphatic hydroxyl groups is 1. The molecule has 66 valence electrons. The highest BCUT2D eigenvalue weighted by molar-refractivity contribution is 5.85. The van der Waals surface area contributed by atoms with Crippen molar-refractivity contribution in [2.75, 3.05) is 0 Å². The van der Waals surface area contributed by atoms with Crippen LogP contribution in [-0.2, 0) is 6.61 Å². The maximum Gasteiger partial charge on any atom is 0.123 e. The first-order chi connectivity index (χ1) is 6.31. The van der Waals surface area contributed by atoms with Crippen LogP contribution in [0.1, 0.15) is 5.56 Å². The number of rotatable bonds is 1. The molecular formula is C11H9FO. The molecule has 0 aliphatic heterocycles. The Kier molecular flexibility index (Phi) is 1.99. The molecule has 0 heterocycles. The lowest BCUT2D eigenvalue weighted by Crippen LogP contribution is -1.86. The SMILES string of the molecule is OCc1cccc2ccc(F)cc12. The van der Waals surface area contributed by atoms with E-state index in [0.717, 1.165) is 16.3 Å². The Morgan fingerprint density at radius 3 is 2.77 bits per heavy atom. The van der Waals surface area contributed by atoms with E-state index in [1.54, 1.807) is 12.1 Å². The highest BCUT2D eigenvalue weighted by Gasteiger charge is 2.00. The Morgan fingerprint density at radius 1 is 1.15 bits per heavy atom. The number of hydrogen-bond acceptors (Lipinski definition) is 1. The second-order valence-corrected chi connectivity index (χ2v) is 2.94. The first-order valence-corrected chi connectivity index (χ1v) is 4.09. The van der Waals surface area contributed by atoms with Gasteiger partial charge in [0.2, 0.25) is 0 Å². The predicted molar refractivity (Wildman–Crippen MR) is 49.8 cm³/mol. The van der Waals surface area contributed by atoms with Gasteiger partial charge in [-0.05, 0) is 28.5 Å². The Balaban J connectivity index is 2.79. The molecule has 0 saturated heterocycles. The van der Waals surface area contributed by atoms with Crippen LogP contribution < -0.4 is 0 Å². The summed E-state index contributed by atoms with van der Waals surface area (Å²) in [6.45, 7) is -0.0548. The highest BCUT2D eigenvalue weighted by Crippen LogP contribution is 2.19. The Morgan fingerprint density at radius 2 is 2.00 bits per heavy atom. The maximum atomic E-state index is 12.9. The van der Waals surface area contributed by atoms with Crippen molar-refractivity contribution < 1.29 is 9.50 Å². The maximum absolute atomic E-state index is 12.9. The van der Waals surface area contributed by atoms with Crippen LogP contribution in [0, 0.1) is 5.82 Å². The van der Waals surface area contributed by atoms with E-state index in [0.29, 0.717) is 0 Å². The molecule has 0 aliphatic carbocycles. The van der Waals surface area contributed by atoms with Crippen LogP contribution >= 0.6 is 0 Å². The summed E-state index contributed by atoms with van der Waals surface area (Å²) in [6, 6.07) is 10.1. The van der Waals surface area contributed by atoms with E-state index in [-0.39, 0.29) is 12.4 Å². The smallest absolute Gasteiger partial charge is 0.123 e. The summed E-state index contributed by atoms with van der Waals surface area (Å²) in [5.41, 5.74) is 0.761. The molecule has 2 rings (SSSR count). The third-order valence-electron chi connectivity index (χ3n) is 2.10. The molecule has 13 heavy (non-hydrogen) atoms. The minimum absolute atomic E-state index is 0.0548. The average molecular weight is 176 g/mol. The van der Waals surface area contributed by atoms with E-state index >= 15 is 0 Å². The minimum Gasteiger partial charge on any atom is -0.392 e. The van der Waals surface area contributed by atoms with Crippen LogP contribution in [0.15, 0.2) is 36.4 Å². The highest BCUT2D eigenvalue weighted by atomic mass is 19.1. The van der Waals surface area contributed by atoms with Gasteiger partial charge in [0, 0.05) is 0 Å². The predicted octanol–water partition coefficient (Wildman–Crippen LogP) is 2.47. The van der Waals surface area contributed by atoms with Gasteiger partial charge in [-0.25, -0.2) is 4.39 Å². The first kappa shape index (κ1) is 8.20. The minimum atomic E-state index is -0.270. The Bertz CT molecular complexity index is 437. The van der Waals surface area contributed by atoms with Gasteiger partial charge in [-0.1, -0.05) is 24.3 Å². The number of aliphatic hydroxyl groups excluding tert-OH is 1. The van der Waals surface area contributed by atoms with Crippen LogP contribution in [0.2, 0.25) is 0 Å². The second kappa shape index (κ2) is 3.15. The quantitative estimate of drug-likeness (QED) is 0.707. The molecule has 0 aromatic heterocycles. The number of fused-ring (bicyclic) bond motifs is 1. The second-order valence-electron chi connectivity index (χ2n) is 2.94. The summed E-state index contributed by atoms with van der Waals surface area (Å²) in [6.07, 6.45) is 0. The molecule has 1 nitrogen and oxygen atoms in total. The van der Waals surface area contributed by atoms with Crippen molar-refractivity contribution in [2.24, 2.45) is 0 Å². The third kappa shape index (κ3) is 1.40. The van der Waals surface area contributed by atoms with Crippen molar-refractivity contribution in [2.45, 2.75) is 6.61 Å². The van der Waals surface area contributed by atoms with Gasteiger partial charge in [-0.15, -0.1) is 0 Å². The Hall–Kier alpha value is -1.41. The van der Waals surface area contributed by atoms with Gasteiger partial charge in [-0.3, -0.25) is 0 Å². The lowest BCUT2D eigenvalue weighted by molar-refractivity contribution is 0.283. The van der Waals surface area contributed by atoms with E-state index < -0.39 is 0 Å². The van der Waals surface area contributed by atoms with Crippen molar-refractivity contribution in [1.29, 1.82) is 0 Å². The summed E-state index contributed by atoms with van der Waals surface area (Å²) in [5.74, 6) is -0.270. The number of benzene rings is 2. The van der Waals surface area contributed by atoms with E-state index in [1.807, 2.05) is 12.1 Å². The Labute approximate surface area is 75.4 Å². The molecule has 0 radical (unpaired) electrons. The lowest BCUT2D eigenvalue weighted by Gasteiger charge is -2.02. The number of halogens is 1. The van der Waals surface area contributed by atoms with E-state index in [9.17, 15) is 4.39 Å².